The van der Waals surface area contributed by atoms with Gasteiger partial charge in [0.2, 0.25) is 0 Å². The van der Waals surface area contributed by atoms with Gasteiger partial charge in [-0.25, -0.2) is 13.9 Å². The lowest BCUT2D eigenvalue weighted by atomic mass is 10.3. The van der Waals surface area contributed by atoms with Crippen LogP contribution in [0, 0.1) is 12.7 Å². The Bertz CT molecular complexity index is 667. The number of aromatic nitrogens is 2. The summed E-state index contributed by atoms with van der Waals surface area (Å²) in [6.45, 7) is 3.98. The number of benzene rings is 1. The largest absolute Gasteiger partial charge is 0.393 e. The van der Waals surface area contributed by atoms with Gasteiger partial charge in [0.15, 0.2) is 5.82 Å². The fourth-order valence-electron chi connectivity index (χ4n) is 2.07. The summed E-state index contributed by atoms with van der Waals surface area (Å²) in [6, 6.07) is 7.40. The molecule has 7 heteroatoms. The Balaban J connectivity index is 2.06. The molecule has 1 heterocycles. The summed E-state index contributed by atoms with van der Waals surface area (Å²) in [6.07, 6.45) is 0.0534. The maximum Gasteiger partial charge on any atom is 0.322 e. The number of nitrogens with one attached hydrogen (secondary N) is 1. The van der Waals surface area contributed by atoms with E-state index in [4.69, 9.17) is 0 Å². The lowest BCUT2D eigenvalue weighted by molar-refractivity contribution is 0.167. The van der Waals surface area contributed by atoms with Crippen LogP contribution in [-0.2, 0) is 0 Å². The number of anilines is 1. The lowest BCUT2D eigenvalue weighted by Gasteiger charge is -2.17. The minimum absolute atomic E-state index is 0.297. The van der Waals surface area contributed by atoms with Crippen LogP contribution in [0.15, 0.2) is 30.3 Å². The lowest BCUT2D eigenvalue weighted by Crippen LogP contribution is -2.33. The molecule has 1 unspecified atom stereocenters. The molecule has 0 radical (unpaired) electrons. The van der Waals surface area contributed by atoms with Crippen molar-refractivity contribution in [3.8, 4) is 5.69 Å². The monoisotopic (exact) mass is 320 g/mol. The SMILES string of the molecule is Cc1cc(NC(=O)N(C)CCC(C)O)nn1-c1ccc(F)cc1. The van der Waals surface area contributed by atoms with Gasteiger partial charge in [-0.3, -0.25) is 5.32 Å². The summed E-state index contributed by atoms with van der Waals surface area (Å²) in [5, 5.41) is 16.3. The van der Waals surface area contributed by atoms with Crippen LogP contribution in [0.5, 0.6) is 0 Å². The summed E-state index contributed by atoms with van der Waals surface area (Å²) in [4.78, 5) is 13.5. The fraction of sp³-hybridized carbons (Fsp3) is 0.375. The number of aryl methyl sites for hydroxylation is 1. The highest BCUT2D eigenvalue weighted by atomic mass is 19.1. The van der Waals surface area contributed by atoms with Crippen molar-refractivity contribution in [3.05, 3.63) is 41.8 Å². The number of aliphatic hydroxyl groups excluding tert-OH is 1. The maximum absolute atomic E-state index is 13.0. The van der Waals surface area contributed by atoms with Crippen LogP contribution in [0.1, 0.15) is 19.0 Å². The predicted molar refractivity (Wildman–Crippen MR) is 86.2 cm³/mol. The van der Waals surface area contributed by atoms with E-state index in [9.17, 15) is 14.3 Å². The molecule has 124 valence electrons. The number of hydrogen-bond donors (Lipinski definition) is 2. The Morgan fingerprint density at radius 3 is 2.70 bits per heavy atom. The summed E-state index contributed by atoms with van der Waals surface area (Å²) in [5.41, 5.74) is 1.53. The number of halogens is 1. The number of nitrogens with zero attached hydrogens (tertiary/aromatic N) is 3. The molecule has 0 saturated heterocycles. The van der Waals surface area contributed by atoms with E-state index in [0.717, 1.165) is 5.69 Å². The smallest absolute Gasteiger partial charge is 0.322 e. The Labute approximate surface area is 134 Å². The highest BCUT2D eigenvalue weighted by Gasteiger charge is 2.13. The van der Waals surface area contributed by atoms with Crippen molar-refractivity contribution in [2.75, 3.05) is 18.9 Å². The molecule has 0 aliphatic heterocycles. The van der Waals surface area contributed by atoms with Crippen molar-refractivity contribution < 1.29 is 14.3 Å². The van der Waals surface area contributed by atoms with E-state index in [0.29, 0.717) is 24.5 Å². The second kappa shape index (κ2) is 7.23. The molecule has 0 fully saturated rings. The molecule has 0 aliphatic carbocycles. The summed E-state index contributed by atoms with van der Waals surface area (Å²) >= 11 is 0. The Morgan fingerprint density at radius 2 is 2.09 bits per heavy atom. The highest BCUT2D eigenvalue weighted by Crippen LogP contribution is 2.16. The van der Waals surface area contributed by atoms with Gasteiger partial charge in [0.25, 0.3) is 0 Å². The molecule has 0 bridgehead atoms. The number of urea groups is 1. The fourth-order valence-corrected chi connectivity index (χ4v) is 2.07. The second-order valence-corrected chi connectivity index (χ2v) is 5.55. The van der Waals surface area contributed by atoms with E-state index in [2.05, 4.69) is 10.4 Å². The van der Waals surface area contributed by atoms with E-state index in [1.807, 2.05) is 6.92 Å². The molecule has 0 spiro atoms. The molecule has 23 heavy (non-hydrogen) atoms. The van der Waals surface area contributed by atoms with Crippen LogP contribution in [0.2, 0.25) is 0 Å². The third-order valence-corrected chi connectivity index (χ3v) is 3.42. The first-order chi connectivity index (χ1) is 10.9. The van der Waals surface area contributed by atoms with Crippen LogP contribution in [0.3, 0.4) is 0 Å². The molecule has 1 aromatic carbocycles. The predicted octanol–water partition coefficient (Wildman–Crippen LogP) is 2.55. The quantitative estimate of drug-likeness (QED) is 0.889. The zero-order chi connectivity index (χ0) is 17.0. The van der Waals surface area contributed by atoms with Crippen LogP contribution in [0.4, 0.5) is 15.0 Å². The van der Waals surface area contributed by atoms with Gasteiger partial charge < -0.3 is 10.0 Å². The van der Waals surface area contributed by atoms with Crippen molar-refractivity contribution in [2.24, 2.45) is 0 Å². The van der Waals surface area contributed by atoms with Crippen molar-refractivity contribution in [1.82, 2.24) is 14.7 Å². The molecule has 0 aliphatic rings. The van der Waals surface area contributed by atoms with E-state index in [-0.39, 0.29) is 11.8 Å². The topological polar surface area (TPSA) is 70.4 Å². The van der Waals surface area contributed by atoms with Gasteiger partial charge in [0, 0.05) is 25.4 Å². The van der Waals surface area contributed by atoms with Crippen LogP contribution >= 0.6 is 0 Å². The minimum atomic E-state index is -0.454. The van der Waals surface area contributed by atoms with E-state index in [1.54, 1.807) is 36.9 Å². The number of carbonyl (C=O) groups excluding carboxylic acids is 1. The standard InChI is InChI=1S/C16H21FN4O2/c1-11-10-15(18-16(23)20(3)9-8-12(2)22)19-21(11)14-6-4-13(17)5-7-14/h4-7,10,12,22H,8-9H2,1-3H3,(H,18,19,23). The van der Waals surface area contributed by atoms with Crippen LogP contribution < -0.4 is 5.32 Å². The van der Waals surface area contributed by atoms with Crippen LogP contribution in [0.25, 0.3) is 5.69 Å². The van der Waals surface area contributed by atoms with E-state index in [1.165, 1.54) is 17.0 Å². The van der Waals surface area contributed by atoms with E-state index < -0.39 is 6.10 Å². The number of rotatable bonds is 5. The van der Waals surface area contributed by atoms with Crippen molar-refractivity contribution >= 4 is 11.8 Å². The molecule has 1 aromatic heterocycles. The van der Waals surface area contributed by atoms with E-state index >= 15 is 0 Å². The average molecular weight is 320 g/mol. The summed E-state index contributed by atoms with van der Waals surface area (Å²) in [7, 11) is 1.65. The average Bonchev–Trinajstić information content (AvgIpc) is 2.86. The zero-order valence-electron chi connectivity index (χ0n) is 13.5. The van der Waals surface area contributed by atoms with Crippen molar-refractivity contribution in [3.63, 3.8) is 0 Å². The molecule has 2 N–H and O–H groups in total. The van der Waals surface area contributed by atoms with Crippen molar-refractivity contribution in [1.29, 1.82) is 0 Å². The Kier molecular flexibility index (Phi) is 5.33. The van der Waals surface area contributed by atoms with Gasteiger partial charge in [0.05, 0.1) is 11.8 Å². The number of amides is 2. The van der Waals surface area contributed by atoms with Gasteiger partial charge >= 0.3 is 6.03 Å². The van der Waals surface area contributed by atoms with Gasteiger partial charge in [-0.2, -0.15) is 0 Å². The normalized spacial score (nSPS) is 12.0. The van der Waals surface area contributed by atoms with Crippen LogP contribution in [-0.4, -0.2) is 45.5 Å². The first-order valence-electron chi connectivity index (χ1n) is 7.39. The molecule has 2 aromatic rings. The molecule has 2 rings (SSSR count). The molecule has 6 nitrogen and oxygen atoms in total. The Morgan fingerprint density at radius 1 is 1.43 bits per heavy atom. The molecule has 2 amide bonds. The molecule has 1 atom stereocenters. The molecule has 0 saturated carbocycles. The summed E-state index contributed by atoms with van der Waals surface area (Å²) < 4.78 is 14.6. The van der Waals surface area contributed by atoms with Gasteiger partial charge in [0.1, 0.15) is 5.82 Å². The highest BCUT2D eigenvalue weighted by molar-refractivity contribution is 5.88. The molecular formula is C16H21FN4O2. The minimum Gasteiger partial charge on any atom is -0.393 e. The molecular weight excluding hydrogens is 299 g/mol. The number of carbonyl (C=O) groups is 1. The zero-order valence-corrected chi connectivity index (χ0v) is 13.5. The number of hydrogen-bond acceptors (Lipinski definition) is 3. The first kappa shape index (κ1) is 17.0. The van der Waals surface area contributed by atoms with Crippen molar-refractivity contribution in [2.45, 2.75) is 26.4 Å². The van der Waals surface area contributed by atoms with Gasteiger partial charge in [-0.05, 0) is 44.5 Å². The van der Waals surface area contributed by atoms with Gasteiger partial charge in [-0.15, -0.1) is 5.10 Å². The Hall–Kier alpha value is -2.41. The summed E-state index contributed by atoms with van der Waals surface area (Å²) in [5.74, 6) is 0.104. The third-order valence-electron chi connectivity index (χ3n) is 3.42. The first-order valence-corrected chi connectivity index (χ1v) is 7.39. The third kappa shape index (κ3) is 4.53. The number of aliphatic hydroxyl groups is 1. The maximum atomic E-state index is 13.0. The second-order valence-electron chi connectivity index (χ2n) is 5.55. The van der Waals surface area contributed by atoms with Gasteiger partial charge in [-0.1, -0.05) is 0 Å².